The average Bonchev–Trinajstić information content (AvgIpc) is 3.30. The molecule has 3 aliphatic heterocycles. The number of pyridine rings is 2. The molecule has 4 bridgehead atoms. The molecule has 1 aromatic carbocycles. The molecule has 12 heteroatoms. The molecule has 0 radical (unpaired) electrons. The maximum Gasteiger partial charge on any atom is 0.355 e. The van der Waals surface area contributed by atoms with Gasteiger partial charge in [0.2, 0.25) is 5.91 Å². The van der Waals surface area contributed by atoms with Crippen LogP contribution in [0.4, 0.5) is 26.0 Å². The van der Waals surface area contributed by atoms with E-state index in [1.165, 1.54) is 22.8 Å². The van der Waals surface area contributed by atoms with E-state index in [0.29, 0.717) is 61.7 Å². The van der Waals surface area contributed by atoms with Crippen molar-refractivity contribution in [2.45, 2.75) is 52.1 Å². The van der Waals surface area contributed by atoms with E-state index in [-0.39, 0.29) is 46.6 Å². The molecule has 4 aromatic rings. The molecule has 3 aliphatic rings. The van der Waals surface area contributed by atoms with Gasteiger partial charge in [0.25, 0.3) is 0 Å². The fourth-order valence-electron chi connectivity index (χ4n) is 7.32. The van der Waals surface area contributed by atoms with Crippen LogP contribution in [0.5, 0.6) is 0 Å². The molecule has 0 spiro atoms. The van der Waals surface area contributed by atoms with Crippen molar-refractivity contribution in [2.24, 2.45) is 0 Å². The lowest BCUT2D eigenvalue weighted by Crippen LogP contribution is -2.58. The summed E-state index contributed by atoms with van der Waals surface area (Å²) in [5.41, 5.74) is 2.06. The van der Waals surface area contributed by atoms with Gasteiger partial charge in [0.15, 0.2) is 11.5 Å². The maximum absolute atomic E-state index is 16.5. The molecule has 2 atom stereocenters. The smallest absolute Gasteiger partial charge is 0.355 e. The van der Waals surface area contributed by atoms with Gasteiger partial charge in [-0.3, -0.25) is 9.78 Å². The van der Waals surface area contributed by atoms with Gasteiger partial charge in [-0.25, -0.2) is 23.1 Å². The second-order valence-corrected chi connectivity index (χ2v) is 13.0. The number of amides is 1. The van der Waals surface area contributed by atoms with E-state index in [0.717, 1.165) is 12.1 Å². The molecular weight excluding hydrogens is 602 g/mol. The van der Waals surface area contributed by atoms with Crippen LogP contribution in [-0.2, 0) is 4.79 Å². The van der Waals surface area contributed by atoms with Gasteiger partial charge in [-0.05, 0) is 56.5 Å². The van der Waals surface area contributed by atoms with E-state index in [4.69, 9.17) is 9.97 Å². The van der Waals surface area contributed by atoms with Crippen molar-refractivity contribution in [3.05, 3.63) is 77.0 Å². The summed E-state index contributed by atoms with van der Waals surface area (Å²) in [6, 6.07) is 7.49. The Balaban J connectivity index is 1.58. The first-order chi connectivity index (χ1) is 22.6. The number of hydrogen-bond donors (Lipinski definition) is 0. The monoisotopic (exact) mass is 640 g/mol. The topological polar surface area (TPSA) is 90.7 Å². The summed E-state index contributed by atoms with van der Waals surface area (Å²) in [5.74, 6) is -1.30. The zero-order valence-corrected chi connectivity index (χ0v) is 27.1. The van der Waals surface area contributed by atoms with Crippen molar-refractivity contribution in [2.75, 3.05) is 54.0 Å². The average molecular weight is 641 g/mol. The number of piperazine rings is 1. The lowest BCUT2D eigenvalue weighted by Gasteiger charge is -2.44. The lowest BCUT2D eigenvalue weighted by molar-refractivity contribution is -0.128. The highest BCUT2D eigenvalue weighted by Gasteiger charge is 2.35. The number of anilines is 3. The summed E-state index contributed by atoms with van der Waals surface area (Å²) >= 11 is 0. The minimum Gasteiger partial charge on any atom is -0.369 e. The van der Waals surface area contributed by atoms with Gasteiger partial charge in [0.1, 0.15) is 17.3 Å². The molecule has 10 nitrogen and oxygen atoms in total. The molecular formula is C35H38F2N8O2. The van der Waals surface area contributed by atoms with E-state index in [1.54, 1.807) is 23.2 Å². The summed E-state index contributed by atoms with van der Waals surface area (Å²) in [5, 5.41) is 0.311. The van der Waals surface area contributed by atoms with Crippen molar-refractivity contribution in [3.8, 4) is 16.9 Å². The second kappa shape index (κ2) is 11.7. The molecule has 6 heterocycles. The Morgan fingerprint density at radius 2 is 1.72 bits per heavy atom. The Morgan fingerprint density at radius 3 is 2.45 bits per heavy atom. The highest BCUT2D eigenvalue weighted by Crippen LogP contribution is 2.40. The second-order valence-electron chi connectivity index (χ2n) is 13.0. The van der Waals surface area contributed by atoms with Gasteiger partial charge in [-0.1, -0.05) is 26.5 Å². The molecule has 0 aliphatic carbocycles. The normalized spacial score (nSPS) is 19.4. The van der Waals surface area contributed by atoms with E-state index in [9.17, 15) is 9.59 Å². The fraction of sp³-hybridized carbons (Fsp3) is 0.400. The Bertz CT molecular complexity index is 1980. The van der Waals surface area contributed by atoms with Crippen LogP contribution in [0.2, 0.25) is 0 Å². The quantitative estimate of drug-likeness (QED) is 0.293. The molecule has 3 aromatic heterocycles. The Morgan fingerprint density at radius 1 is 0.979 bits per heavy atom. The first kappa shape index (κ1) is 30.8. The fourth-order valence-corrected chi connectivity index (χ4v) is 7.32. The number of benzene rings is 1. The first-order valence-corrected chi connectivity index (χ1v) is 16.2. The molecule has 47 heavy (non-hydrogen) atoms. The minimum absolute atomic E-state index is 0.0623. The summed E-state index contributed by atoms with van der Waals surface area (Å²) in [6.07, 6.45) is 3.81. The number of halogens is 2. The number of nitrogens with zero attached hydrogens (tertiary/aromatic N) is 8. The summed E-state index contributed by atoms with van der Waals surface area (Å²) < 4.78 is 33.8. The van der Waals surface area contributed by atoms with Gasteiger partial charge in [-0.15, -0.1) is 0 Å². The SMILES string of the molecule is C=CC(=O)N1C[C@H](C)N(c2nc(=O)n3c4nc(c(F)cc24)-c2c(F)cccc2N2CCCN(CC2)c2ccnc(C(C)C)c2-3)C[C@H]1C. The third-order valence-electron chi connectivity index (χ3n) is 9.62. The van der Waals surface area contributed by atoms with E-state index < -0.39 is 17.3 Å². The van der Waals surface area contributed by atoms with E-state index in [1.807, 2.05) is 38.7 Å². The number of hydrogen-bond acceptors (Lipinski definition) is 8. The zero-order chi connectivity index (χ0) is 33.1. The van der Waals surface area contributed by atoms with Crippen molar-refractivity contribution in [1.82, 2.24) is 24.4 Å². The van der Waals surface area contributed by atoms with Gasteiger partial charge in [-0.2, -0.15) is 4.98 Å². The van der Waals surface area contributed by atoms with Crippen LogP contribution in [0, 0.1) is 11.6 Å². The van der Waals surface area contributed by atoms with Crippen molar-refractivity contribution in [3.63, 3.8) is 0 Å². The van der Waals surface area contributed by atoms with E-state index in [2.05, 4.69) is 21.4 Å². The van der Waals surface area contributed by atoms with Crippen LogP contribution in [-0.4, -0.2) is 81.7 Å². The zero-order valence-electron chi connectivity index (χ0n) is 27.1. The van der Waals surface area contributed by atoms with Crippen molar-refractivity contribution < 1.29 is 13.6 Å². The van der Waals surface area contributed by atoms with Crippen LogP contribution in [0.1, 0.15) is 45.7 Å². The summed E-state index contributed by atoms with van der Waals surface area (Å²) in [7, 11) is 0. The minimum atomic E-state index is -0.720. The molecule has 0 saturated carbocycles. The van der Waals surface area contributed by atoms with Crippen LogP contribution < -0.4 is 20.4 Å². The van der Waals surface area contributed by atoms with Gasteiger partial charge in [0.05, 0.1) is 28.0 Å². The number of carbonyl (C=O) groups excluding carboxylic acids is 1. The Labute approximate surface area is 272 Å². The molecule has 244 valence electrons. The molecule has 0 N–H and O–H groups in total. The number of rotatable bonds is 3. The number of aromatic nitrogens is 4. The van der Waals surface area contributed by atoms with Crippen LogP contribution in [0.3, 0.4) is 0 Å². The largest absolute Gasteiger partial charge is 0.369 e. The first-order valence-electron chi connectivity index (χ1n) is 16.2. The predicted molar refractivity (Wildman–Crippen MR) is 180 cm³/mol. The summed E-state index contributed by atoms with van der Waals surface area (Å²) in [6.45, 7) is 14.7. The molecule has 0 unspecified atom stereocenters. The maximum atomic E-state index is 16.5. The predicted octanol–water partition coefficient (Wildman–Crippen LogP) is 4.89. The van der Waals surface area contributed by atoms with Crippen molar-refractivity contribution >= 4 is 34.1 Å². The molecule has 7 rings (SSSR count). The van der Waals surface area contributed by atoms with Gasteiger partial charge < -0.3 is 19.6 Å². The number of carbonyl (C=O) groups is 1. The highest BCUT2D eigenvalue weighted by molar-refractivity contribution is 5.93. The van der Waals surface area contributed by atoms with Gasteiger partial charge >= 0.3 is 5.69 Å². The standard InChI is InChI=1S/C35H38F2N8O2/c1-6-28(46)43-18-22(5)44(19-21(43)4)33-23-17-25(37)31-29-24(36)9-7-10-26(29)41-13-8-14-42(16-15-41)27-11-12-38-30(20(2)3)32(27)45(34(23)39-31)35(47)40-33/h6-7,9-12,17,20-22H,1,8,13-16,18-19H2,2-5H3/t21-,22+/m1/s1. The van der Waals surface area contributed by atoms with Crippen LogP contribution in [0.25, 0.3) is 28.0 Å². The van der Waals surface area contributed by atoms with Crippen LogP contribution in [0.15, 0.2) is 54.0 Å². The Hall–Kier alpha value is -4.87. The Kier molecular flexibility index (Phi) is 7.68. The van der Waals surface area contributed by atoms with E-state index >= 15 is 8.78 Å². The van der Waals surface area contributed by atoms with Crippen molar-refractivity contribution in [1.29, 1.82) is 0 Å². The third-order valence-corrected chi connectivity index (χ3v) is 9.62. The van der Waals surface area contributed by atoms with Crippen LogP contribution >= 0.6 is 0 Å². The summed E-state index contributed by atoms with van der Waals surface area (Å²) in [4.78, 5) is 49.2. The third kappa shape index (κ3) is 5.01. The molecule has 2 saturated heterocycles. The highest BCUT2D eigenvalue weighted by atomic mass is 19.1. The van der Waals surface area contributed by atoms with Gasteiger partial charge in [0, 0.05) is 63.2 Å². The lowest BCUT2D eigenvalue weighted by atomic mass is 10.0. The molecule has 1 amide bonds. The number of fused-ring (bicyclic) bond motifs is 10. The molecule has 2 fully saturated rings.